The Morgan fingerprint density at radius 3 is 2.58 bits per heavy atom. The maximum absolute atomic E-state index is 13.1. The molecule has 0 fully saturated rings. The molecule has 164 valence electrons. The van der Waals surface area contributed by atoms with Crippen molar-refractivity contribution in [2.45, 2.75) is 6.61 Å². The fourth-order valence-corrected chi connectivity index (χ4v) is 4.59. The lowest BCUT2D eigenvalue weighted by Crippen LogP contribution is -2.23. The van der Waals surface area contributed by atoms with Crippen LogP contribution < -0.4 is 19.6 Å². The van der Waals surface area contributed by atoms with Gasteiger partial charge < -0.3 is 9.47 Å². The first-order valence-electron chi connectivity index (χ1n) is 10.1. The Kier molecular flexibility index (Phi) is 5.81. The highest BCUT2D eigenvalue weighted by Gasteiger charge is 2.16. The third kappa shape index (κ3) is 4.20. The molecule has 5 aromatic rings. The number of fused-ring (bicyclic) bond motifs is 1. The van der Waals surface area contributed by atoms with Crippen molar-refractivity contribution in [3.63, 3.8) is 0 Å². The first-order chi connectivity index (χ1) is 16.1. The zero-order valence-corrected chi connectivity index (χ0v) is 19.1. The third-order valence-corrected chi connectivity index (χ3v) is 6.37. The summed E-state index contributed by atoms with van der Waals surface area (Å²) >= 11 is 7.58. The molecule has 0 saturated heterocycles. The van der Waals surface area contributed by atoms with Crippen LogP contribution in [-0.2, 0) is 6.61 Å². The van der Waals surface area contributed by atoms with Gasteiger partial charge in [0.1, 0.15) is 6.61 Å². The summed E-state index contributed by atoms with van der Waals surface area (Å²) in [6, 6.07) is 22.7. The van der Waals surface area contributed by atoms with E-state index in [9.17, 15) is 4.79 Å². The molecule has 5 rings (SSSR count). The molecule has 0 atom stereocenters. The van der Waals surface area contributed by atoms with Gasteiger partial charge in [0, 0.05) is 5.56 Å². The quantitative estimate of drug-likeness (QED) is 0.359. The average molecular weight is 476 g/mol. The normalized spacial score (nSPS) is 11.8. The number of thiazole rings is 1. The Bertz CT molecular complexity index is 1550. The first-order valence-corrected chi connectivity index (χ1v) is 11.3. The van der Waals surface area contributed by atoms with Crippen molar-refractivity contribution >= 4 is 34.0 Å². The average Bonchev–Trinajstić information content (AvgIpc) is 3.39. The Morgan fingerprint density at radius 2 is 1.79 bits per heavy atom. The number of nitrogens with zero attached hydrogens (tertiary/aromatic N) is 3. The van der Waals surface area contributed by atoms with Crippen LogP contribution >= 0.6 is 22.9 Å². The Labute approximate surface area is 198 Å². The molecule has 8 heteroatoms. The minimum atomic E-state index is -0.196. The maximum atomic E-state index is 13.1. The van der Waals surface area contributed by atoms with E-state index in [1.54, 1.807) is 13.2 Å². The van der Waals surface area contributed by atoms with E-state index >= 15 is 0 Å². The van der Waals surface area contributed by atoms with Crippen molar-refractivity contribution in [3.05, 3.63) is 104 Å². The topological polar surface area (TPSA) is 65.7 Å². The molecule has 0 radical (unpaired) electrons. The van der Waals surface area contributed by atoms with Crippen molar-refractivity contribution in [2.75, 3.05) is 7.11 Å². The number of rotatable bonds is 6. The second kappa shape index (κ2) is 9.05. The standard InChI is InChI=1S/C25H18ClN3O3S/c1-31-21-13-17(11-12-20(21)32-15-16-7-3-2-4-8-16)14-22-24(30)29-23(27-28-25(29)33-22)18-9-5-6-10-19(18)26/h2-14H,15H2,1H3/b22-14+. The SMILES string of the molecule is COc1cc(/C=c2/sc3nnc(-c4ccccc4Cl)n3c2=O)ccc1OCc1ccccc1. The van der Waals surface area contributed by atoms with Gasteiger partial charge in [0.25, 0.3) is 5.56 Å². The number of methoxy groups -OCH3 is 1. The summed E-state index contributed by atoms with van der Waals surface area (Å²) in [6.45, 7) is 0.435. The summed E-state index contributed by atoms with van der Waals surface area (Å²) in [4.78, 5) is 13.7. The lowest BCUT2D eigenvalue weighted by Gasteiger charge is -2.11. The molecule has 6 nitrogen and oxygen atoms in total. The van der Waals surface area contributed by atoms with E-state index in [4.69, 9.17) is 21.1 Å². The van der Waals surface area contributed by atoms with Gasteiger partial charge in [-0.15, -0.1) is 10.2 Å². The molecule has 0 aliphatic rings. The molecule has 2 heterocycles. The molecule has 0 saturated carbocycles. The number of hydrogen-bond acceptors (Lipinski definition) is 6. The van der Waals surface area contributed by atoms with Crippen LogP contribution in [0.4, 0.5) is 0 Å². The maximum Gasteiger partial charge on any atom is 0.276 e. The van der Waals surface area contributed by atoms with Gasteiger partial charge in [-0.1, -0.05) is 71.5 Å². The van der Waals surface area contributed by atoms with E-state index in [-0.39, 0.29) is 5.56 Å². The Morgan fingerprint density at radius 1 is 1.00 bits per heavy atom. The number of ether oxygens (including phenoxy) is 2. The summed E-state index contributed by atoms with van der Waals surface area (Å²) in [5.74, 6) is 1.65. The van der Waals surface area contributed by atoms with Crippen molar-refractivity contribution in [3.8, 4) is 22.9 Å². The van der Waals surface area contributed by atoms with E-state index in [2.05, 4.69) is 10.2 Å². The van der Waals surface area contributed by atoms with Gasteiger partial charge in [0.2, 0.25) is 4.96 Å². The number of aromatic nitrogens is 3. The first kappa shape index (κ1) is 21.2. The molecule has 3 aromatic carbocycles. The van der Waals surface area contributed by atoms with Crippen molar-refractivity contribution in [1.82, 2.24) is 14.6 Å². The molecule has 0 spiro atoms. The highest BCUT2D eigenvalue weighted by atomic mass is 35.5. The van der Waals surface area contributed by atoms with Gasteiger partial charge in [0.05, 0.1) is 16.7 Å². The van der Waals surface area contributed by atoms with E-state index < -0.39 is 0 Å². The lowest BCUT2D eigenvalue weighted by molar-refractivity contribution is 0.284. The molecule has 2 aromatic heterocycles. The summed E-state index contributed by atoms with van der Waals surface area (Å²) in [7, 11) is 1.59. The zero-order valence-electron chi connectivity index (χ0n) is 17.6. The third-order valence-electron chi connectivity index (χ3n) is 5.09. The zero-order chi connectivity index (χ0) is 22.8. The molecular weight excluding hydrogens is 458 g/mol. The largest absolute Gasteiger partial charge is 0.493 e. The van der Waals surface area contributed by atoms with E-state index in [1.165, 1.54) is 15.7 Å². The van der Waals surface area contributed by atoms with Crippen LogP contribution in [0.2, 0.25) is 5.02 Å². The van der Waals surface area contributed by atoms with Crippen molar-refractivity contribution < 1.29 is 9.47 Å². The second-order valence-electron chi connectivity index (χ2n) is 7.22. The van der Waals surface area contributed by atoms with Crippen LogP contribution in [0.15, 0.2) is 77.6 Å². The van der Waals surface area contributed by atoms with Crippen LogP contribution in [0.25, 0.3) is 22.4 Å². The lowest BCUT2D eigenvalue weighted by atomic mass is 10.2. The summed E-state index contributed by atoms with van der Waals surface area (Å²) in [5, 5.41) is 8.85. The summed E-state index contributed by atoms with van der Waals surface area (Å²) in [5.41, 5.74) is 2.34. The van der Waals surface area contributed by atoms with E-state index in [1.807, 2.05) is 72.8 Å². The van der Waals surface area contributed by atoms with Crippen molar-refractivity contribution in [1.29, 1.82) is 0 Å². The molecular formula is C25H18ClN3O3S. The van der Waals surface area contributed by atoms with Gasteiger partial charge in [-0.25, -0.2) is 4.40 Å². The fraction of sp³-hybridized carbons (Fsp3) is 0.0800. The number of hydrogen-bond donors (Lipinski definition) is 0. The van der Waals surface area contributed by atoms with Crippen LogP contribution in [0.5, 0.6) is 11.5 Å². The minimum absolute atomic E-state index is 0.196. The Balaban J connectivity index is 1.49. The van der Waals surface area contributed by atoms with Gasteiger partial charge in [-0.3, -0.25) is 4.79 Å². The summed E-state index contributed by atoms with van der Waals surface area (Å²) < 4.78 is 13.5. The predicted octanol–water partition coefficient (Wildman–Crippen LogP) is 4.61. The van der Waals surface area contributed by atoms with Crippen LogP contribution in [0.1, 0.15) is 11.1 Å². The van der Waals surface area contributed by atoms with Gasteiger partial charge >= 0.3 is 0 Å². The van der Waals surface area contributed by atoms with Gasteiger partial charge in [0.15, 0.2) is 17.3 Å². The molecule has 0 amide bonds. The molecule has 0 aliphatic heterocycles. The summed E-state index contributed by atoms with van der Waals surface area (Å²) in [6.07, 6.45) is 1.81. The number of benzene rings is 3. The predicted molar refractivity (Wildman–Crippen MR) is 130 cm³/mol. The number of halogens is 1. The van der Waals surface area contributed by atoms with E-state index in [0.29, 0.717) is 44.0 Å². The highest BCUT2D eigenvalue weighted by molar-refractivity contribution is 7.15. The Hall–Kier alpha value is -3.68. The second-order valence-corrected chi connectivity index (χ2v) is 8.64. The van der Waals surface area contributed by atoms with Crippen LogP contribution in [0, 0.1) is 0 Å². The molecule has 33 heavy (non-hydrogen) atoms. The molecule has 0 aliphatic carbocycles. The van der Waals surface area contributed by atoms with Crippen LogP contribution in [0.3, 0.4) is 0 Å². The molecule has 0 bridgehead atoms. The highest BCUT2D eigenvalue weighted by Crippen LogP contribution is 2.29. The molecule has 0 unspecified atom stereocenters. The minimum Gasteiger partial charge on any atom is -0.493 e. The molecule has 0 N–H and O–H groups in total. The van der Waals surface area contributed by atoms with Gasteiger partial charge in [-0.2, -0.15) is 0 Å². The van der Waals surface area contributed by atoms with Crippen molar-refractivity contribution in [2.24, 2.45) is 0 Å². The van der Waals surface area contributed by atoms with E-state index in [0.717, 1.165) is 11.1 Å². The fourth-order valence-electron chi connectivity index (χ4n) is 3.46. The van der Waals surface area contributed by atoms with Gasteiger partial charge in [-0.05, 0) is 41.5 Å². The smallest absolute Gasteiger partial charge is 0.276 e. The van der Waals surface area contributed by atoms with Crippen LogP contribution in [-0.4, -0.2) is 21.7 Å². The monoisotopic (exact) mass is 475 g/mol.